The average molecular weight is 276 g/mol. The van der Waals surface area contributed by atoms with Gasteiger partial charge in [-0.1, -0.05) is 6.92 Å². The molecule has 0 saturated carbocycles. The van der Waals surface area contributed by atoms with Gasteiger partial charge in [0, 0.05) is 26.3 Å². The molecule has 2 heterocycles. The second-order valence-corrected chi connectivity index (χ2v) is 4.55. The van der Waals surface area contributed by atoms with Gasteiger partial charge in [0.25, 0.3) is 0 Å². The molecule has 0 aliphatic heterocycles. The molecule has 20 heavy (non-hydrogen) atoms. The second kappa shape index (κ2) is 7.00. The van der Waals surface area contributed by atoms with E-state index in [4.69, 9.17) is 4.74 Å². The summed E-state index contributed by atoms with van der Waals surface area (Å²) in [6.07, 6.45) is 3.12. The predicted molar refractivity (Wildman–Crippen MR) is 76.2 cm³/mol. The maximum absolute atomic E-state index is 11.6. The van der Waals surface area contributed by atoms with Gasteiger partial charge in [-0.25, -0.2) is 9.97 Å². The highest BCUT2D eigenvalue weighted by Gasteiger charge is 2.12. The van der Waals surface area contributed by atoms with Crippen LogP contribution in [0.2, 0.25) is 0 Å². The summed E-state index contributed by atoms with van der Waals surface area (Å²) >= 11 is 0. The number of pyridine rings is 1. The van der Waals surface area contributed by atoms with Crippen molar-refractivity contribution in [3.8, 4) is 0 Å². The zero-order valence-electron chi connectivity index (χ0n) is 11.9. The minimum atomic E-state index is 0.0470. The molecule has 0 fully saturated rings. The molecule has 2 aromatic heterocycles. The van der Waals surface area contributed by atoms with Gasteiger partial charge in [-0.3, -0.25) is 4.79 Å². The largest absolute Gasteiger partial charge is 0.383 e. The van der Waals surface area contributed by atoms with Crippen LogP contribution in [-0.4, -0.2) is 34.2 Å². The normalized spacial score (nSPS) is 10.9. The highest BCUT2D eigenvalue weighted by molar-refractivity contribution is 5.76. The maximum Gasteiger partial charge on any atom is 0.220 e. The van der Waals surface area contributed by atoms with E-state index in [2.05, 4.69) is 15.3 Å². The van der Waals surface area contributed by atoms with Crippen LogP contribution in [0.4, 0.5) is 0 Å². The quantitative estimate of drug-likeness (QED) is 0.832. The Balaban J connectivity index is 2.19. The molecular formula is C14H20N4O2. The molecule has 0 saturated heterocycles. The third-order valence-electron chi connectivity index (χ3n) is 3.02. The van der Waals surface area contributed by atoms with Crippen molar-refractivity contribution in [2.75, 3.05) is 13.7 Å². The van der Waals surface area contributed by atoms with Crippen LogP contribution in [-0.2, 0) is 22.6 Å². The highest BCUT2D eigenvalue weighted by Crippen LogP contribution is 2.13. The Bertz CT molecular complexity index is 580. The molecular weight excluding hydrogens is 256 g/mol. The number of ether oxygens (including phenoxy) is 1. The third kappa shape index (κ3) is 3.33. The van der Waals surface area contributed by atoms with Gasteiger partial charge in [0.1, 0.15) is 11.3 Å². The summed E-state index contributed by atoms with van der Waals surface area (Å²) in [5.74, 6) is 0.853. The Labute approximate surface area is 118 Å². The van der Waals surface area contributed by atoms with E-state index >= 15 is 0 Å². The van der Waals surface area contributed by atoms with E-state index in [1.807, 2.05) is 23.6 Å². The van der Waals surface area contributed by atoms with Crippen LogP contribution in [0.5, 0.6) is 0 Å². The van der Waals surface area contributed by atoms with Crippen LogP contribution in [0.15, 0.2) is 18.3 Å². The number of amides is 1. The number of fused-ring (bicyclic) bond motifs is 1. The summed E-state index contributed by atoms with van der Waals surface area (Å²) in [7, 11) is 1.66. The van der Waals surface area contributed by atoms with E-state index in [0.717, 1.165) is 23.4 Å². The van der Waals surface area contributed by atoms with Crippen LogP contribution in [0, 0.1) is 0 Å². The predicted octanol–water partition coefficient (Wildman–Crippen LogP) is 1.49. The molecule has 0 aliphatic rings. The monoisotopic (exact) mass is 276 g/mol. The smallest absolute Gasteiger partial charge is 0.220 e. The first kappa shape index (κ1) is 14.5. The number of nitrogens with one attached hydrogen (secondary N) is 1. The van der Waals surface area contributed by atoms with E-state index in [-0.39, 0.29) is 5.91 Å². The topological polar surface area (TPSA) is 69.0 Å². The molecule has 0 radical (unpaired) electrons. The van der Waals surface area contributed by atoms with Crippen LogP contribution in [0.25, 0.3) is 11.2 Å². The van der Waals surface area contributed by atoms with Gasteiger partial charge in [-0.05, 0) is 18.6 Å². The lowest BCUT2D eigenvalue weighted by Crippen LogP contribution is -2.24. The van der Waals surface area contributed by atoms with Gasteiger partial charge >= 0.3 is 0 Å². The van der Waals surface area contributed by atoms with Crippen LogP contribution < -0.4 is 5.32 Å². The number of hydrogen-bond donors (Lipinski definition) is 1. The Morgan fingerprint density at radius 3 is 3.10 bits per heavy atom. The van der Waals surface area contributed by atoms with Gasteiger partial charge in [0.2, 0.25) is 5.91 Å². The van der Waals surface area contributed by atoms with E-state index in [0.29, 0.717) is 26.1 Å². The van der Waals surface area contributed by atoms with Gasteiger partial charge < -0.3 is 14.6 Å². The van der Waals surface area contributed by atoms with E-state index in [9.17, 15) is 4.79 Å². The second-order valence-electron chi connectivity index (χ2n) is 4.55. The van der Waals surface area contributed by atoms with Crippen molar-refractivity contribution in [3.63, 3.8) is 0 Å². The Morgan fingerprint density at radius 1 is 1.50 bits per heavy atom. The number of nitrogens with zero attached hydrogens (tertiary/aromatic N) is 3. The molecule has 1 N–H and O–H groups in total. The fraction of sp³-hybridized carbons (Fsp3) is 0.500. The number of hydrogen-bond acceptors (Lipinski definition) is 4. The molecule has 2 rings (SSSR count). The summed E-state index contributed by atoms with van der Waals surface area (Å²) < 4.78 is 7.11. The van der Waals surface area contributed by atoms with Crippen molar-refractivity contribution in [2.45, 2.75) is 32.9 Å². The SMILES string of the molecule is CCCC(=O)NCc1nc2cccnc2n1CCOC. The molecule has 0 atom stereocenters. The molecule has 6 nitrogen and oxygen atoms in total. The molecule has 0 aromatic carbocycles. The Hall–Kier alpha value is -1.95. The number of carbonyl (C=O) groups excluding carboxylic acids is 1. The van der Waals surface area contributed by atoms with Crippen LogP contribution >= 0.6 is 0 Å². The van der Waals surface area contributed by atoms with Gasteiger partial charge in [-0.15, -0.1) is 0 Å². The van der Waals surface area contributed by atoms with Crippen LogP contribution in [0.1, 0.15) is 25.6 Å². The Kier molecular flexibility index (Phi) is 5.06. The minimum Gasteiger partial charge on any atom is -0.383 e. The molecule has 0 aliphatic carbocycles. The third-order valence-corrected chi connectivity index (χ3v) is 3.02. The molecule has 0 unspecified atom stereocenters. The van der Waals surface area contributed by atoms with Crippen molar-refractivity contribution < 1.29 is 9.53 Å². The van der Waals surface area contributed by atoms with E-state index in [1.165, 1.54) is 0 Å². The van der Waals surface area contributed by atoms with Crippen LogP contribution in [0.3, 0.4) is 0 Å². The standard InChI is InChI=1S/C14H20N4O2/c1-3-5-13(19)16-10-12-17-11-6-4-7-15-14(11)18(12)8-9-20-2/h4,6-7H,3,5,8-10H2,1-2H3,(H,16,19). The summed E-state index contributed by atoms with van der Waals surface area (Å²) in [5, 5.41) is 2.89. The van der Waals surface area contributed by atoms with Crippen molar-refractivity contribution in [3.05, 3.63) is 24.2 Å². The molecule has 2 aromatic rings. The molecule has 0 spiro atoms. The zero-order chi connectivity index (χ0) is 14.4. The lowest BCUT2D eigenvalue weighted by Gasteiger charge is -2.08. The zero-order valence-corrected chi connectivity index (χ0v) is 11.9. The molecule has 6 heteroatoms. The lowest BCUT2D eigenvalue weighted by molar-refractivity contribution is -0.121. The number of methoxy groups -OCH3 is 1. The maximum atomic E-state index is 11.6. The molecule has 108 valence electrons. The fourth-order valence-corrected chi connectivity index (χ4v) is 2.05. The fourth-order valence-electron chi connectivity index (χ4n) is 2.05. The van der Waals surface area contributed by atoms with Crippen molar-refractivity contribution in [1.29, 1.82) is 0 Å². The van der Waals surface area contributed by atoms with E-state index in [1.54, 1.807) is 13.3 Å². The van der Waals surface area contributed by atoms with E-state index < -0.39 is 0 Å². The van der Waals surface area contributed by atoms with Gasteiger partial charge in [0.05, 0.1) is 13.2 Å². The number of aromatic nitrogens is 3. The molecule has 1 amide bonds. The Morgan fingerprint density at radius 2 is 2.35 bits per heavy atom. The summed E-state index contributed by atoms with van der Waals surface area (Å²) in [6, 6.07) is 3.78. The summed E-state index contributed by atoms with van der Waals surface area (Å²) in [5.41, 5.74) is 1.66. The minimum absolute atomic E-state index is 0.0470. The van der Waals surface area contributed by atoms with Crippen molar-refractivity contribution in [1.82, 2.24) is 19.9 Å². The first-order valence-corrected chi connectivity index (χ1v) is 6.82. The number of rotatable bonds is 7. The summed E-state index contributed by atoms with van der Waals surface area (Å²) in [6.45, 7) is 3.65. The van der Waals surface area contributed by atoms with Gasteiger partial charge in [0.15, 0.2) is 5.65 Å². The summed E-state index contributed by atoms with van der Waals surface area (Å²) in [4.78, 5) is 20.4. The van der Waals surface area contributed by atoms with Crippen molar-refractivity contribution >= 4 is 17.1 Å². The first-order valence-electron chi connectivity index (χ1n) is 6.82. The van der Waals surface area contributed by atoms with Crippen molar-refractivity contribution in [2.24, 2.45) is 0 Å². The number of imidazole rings is 1. The molecule has 0 bridgehead atoms. The lowest BCUT2D eigenvalue weighted by atomic mass is 10.3. The first-order chi connectivity index (χ1) is 9.76. The van der Waals surface area contributed by atoms with Gasteiger partial charge in [-0.2, -0.15) is 0 Å². The number of carbonyl (C=O) groups is 1. The average Bonchev–Trinajstić information content (AvgIpc) is 2.81. The highest BCUT2D eigenvalue weighted by atomic mass is 16.5.